The summed E-state index contributed by atoms with van der Waals surface area (Å²) in [5.74, 6) is 0.115. The minimum absolute atomic E-state index is 0.115. The fourth-order valence-corrected chi connectivity index (χ4v) is 3.26. The molecule has 2 rings (SSSR count). The molecule has 0 radical (unpaired) electrons. The highest BCUT2D eigenvalue weighted by Gasteiger charge is 2.23. The van der Waals surface area contributed by atoms with Crippen molar-refractivity contribution in [2.24, 2.45) is 0 Å². The number of carbonyl (C=O) groups excluding carboxylic acids is 1. The summed E-state index contributed by atoms with van der Waals surface area (Å²) < 4.78 is 0.681. The zero-order valence-electron chi connectivity index (χ0n) is 9.41. The van der Waals surface area contributed by atoms with Gasteiger partial charge in [0.15, 0.2) is 0 Å². The molecule has 0 atom stereocenters. The Bertz CT molecular complexity index is 371. The van der Waals surface area contributed by atoms with Crippen LogP contribution in [0.5, 0.6) is 0 Å². The second kappa shape index (κ2) is 5.19. The molecule has 1 fully saturated rings. The van der Waals surface area contributed by atoms with E-state index in [-0.39, 0.29) is 5.91 Å². The van der Waals surface area contributed by atoms with E-state index in [4.69, 9.17) is 11.6 Å². The van der Waals surface area contributed by atoms with E-state index in [0.717, 1.165) is 17.7 Å². The number of carbonyl (C=O) groups is 1. The Morgan fingerprint density at radius 1 is 1.38 bits per heavy atom. The van der Waals surface area contributed by atoms with Gasteiger partial charge < -0.3 is 4.90 Å². The first-order chi connectivity index (χ1) is 7.68. The van der Waals surface area contributed by atoms with Gasteiger partial charge in [-0.1, -0.05) is 30.9 Å². The van der Waals surface area contributed by atoms with E-state index in [1.165, 1.54) is 30.6 Å². The Kier molecular flexibility index (Phi) is 3.87. The Morgan fingerprint density at radius 2 is 2.06 bits per heavy atom. The van der Waals surface area contributed by atoms with Crippen molar-refractivity contribution < 1.29 is 4.79 Å². The number of hydrogen-bond acceptors (Lipinski definition) is 2. The van der Waals surface area contributed by atoms with E-state index in [2.05, 4.69) is 0 Å². The van der Waals surface area contributed by atoms with Gasteiger partial charge in [0.25, 0.3) is 5.91 Å². The average Bonchev–Trinajstić information content (AvgIpc) is 2.75. The third-order valence-corrected chi connectivity index (χ3v) is 4.45. The van der Waals surface area contributed by atoms with Crippen LogP contribution in [0.2, 0.25) is 4.34 Å². The van der Waals surface area contributed by atoms with Crippen LogP contribution in [0.25, 0.3) is 0 Å². The summed E-state index contributed by atoms with van der Waals surface area (Å²) in [5.41, 5.74) is 0. The quantitative estimate of drug-likeness (QED) is 0.789. The third-order valence-electron chi connectivity index (χ3n) is 3.23. The minimum atomic E-state index is 0.115. The van der Waals surface area contributed by atoms with E-state index in [1.807, 2.05) is 18.0 Å². The minimum Gasteiger partial charge on any atom is -0.338 e. The van der Waals surface area contributed by atoms with Crippen LogP contribution >= 0.6 is 22.9 Å². The number of rotatable bonds is 2. The maximum Gasteiger partial charge on any atom is 0.263 e. The second-order valence-corrected chi connectivity index (χ2v) is 6.03. The molecule has 0 saturated heterocycles. The van der Waals surface area contributed by atoms with Crippen molar-refractivity contribution in [2.45, 2.75) is 38.1 Å². The molecule has 0 spiro atoms. The predicted octanol–water partition coefficient (Wildman–Crippen LogP) is 3.81. The second-order valence-electron chi connectivity index (χ2n) is 4.31. The summed E-state index contributed by atoms with van der Waals surface area (Å²) in [6.45, 7) is 0. The van der Waals surface area contributed by atoms with E-state index < -0.39 is 0 Å². The number of amides is 1. The predicted molar refractivity (Wildman–Crippen MR) is 68.3 cm³/mol. The smallest absolute Gasteiger partial charge is 0.263 e. The summed E-state index contributed by atoms with van der Waals surface area (Å²) in [6, 6.07) is 4.02. The lowest BCUT2D eigenvalue weighted by Gasteiger charge is -2.30. The van der Waals surface area contributed by atoms with Gasteiger partial charge in [0.05, 0.1) is 9.21 Å². The topological polar surface area (TPSA) is 20.3 Å². The molecule has 0 aromatic carbocycles. The average molecular weight is 258 g/mol. The lowest BCUT2D eigenvalue weighted by molar-refractivity contribution is 0.0701. The molecule has 1 aliphatic carbocycles. The molecule has 1 saturated carbocycles. The zero-order valence-corrected chi connectivity index (χ0v) is 11.0. The van der Waals surface area contributed by atoms with Crippen LogP contribution < -0.4 is 0 Å². The third kappa shape index (κ3) is 2.58. The Balaban J connectivity index is 2.03. The maximum absolute atomic E-state index is 12.1. The molecule has 0 unspecified atom stereocenters. The van der Waals surface area contributed by atoms with Crippen LogP contribution in [-0.4, -0.2) is 23.9 Å². The van der Waals surface area contributed by atoms with Gasteiger partial charge in [-0.25, -0.2) is 0 Å². The van der Waals surface area contributed by atoms with E-state index in [1.54, 1.807) is 6.07 Å². The van der Waals surface area contributed by atoms with Gasteiger partial charge in [0.1, 0.15) is 0 Å². The van der Waals surface area contributed by atoms with Crippen molar-refractivity contribution in [1.29, 1.82) is 0 Å². The van der Waals surface area contributed by atoms with Gasteiger partial charge in [-0.3, -0.25) is 4.79 Å². The highest BCUT2D eigenvalue weighted by atomic mass is 35.5. The normalized spacial score (nSPS) is 17.4. The van der Waals surface area contributed by atoms with E-state index in [0.29, 0.717) is 10.4 Å². The standard InChI is InChI=1S/C12H16ClNOS/c1-14(9-5-3-2-4-6-9)12(15)10-7-8-11(13)16-10/h7-9H,2-6H2,1H3. The number of hydrogen-bond donors (Lipinski definition) is 0. The van der Waals surface area contributed by atoms with Gasteiger partial charge in [-0.2, -0.15) is 0 Å². The fourth-order valence-electron chi connectivity index (χ4n) is 2.24. The van der Waals surface area contributed by atoms with Gasteiger partial charge >= 0.3 is 0 Å². The first kappa shape index (κ1) is 11.9. The van der Waals surface area contributed by atoms with Crippen molar-refractivity contribution in [1.82, 2.24) is 4.90 Å². The molecule has 1 aliphatic rings. The number of halogens is 1. The molecular formula is C12H16ClNOS. The maximum atomic E-state index is 12.1. The first-order valence-electron chi connectivity index (χ1n) is 5.71. The summed E-state index contributed by atoms with van der Waals surface area (Å²) in [4.78, 5) is 14.8. The molecule has 1 heterocycles. The monoisotopic (exact) mass is 257 g/mol. The van der Waals surface area contributed by atoms with Crippen molar-refractivity contribution in [3.05, 3.63) is 21.3 Å². The number of nitrogens with zero attached hydrogens (tertiary/aromatic N) is 1. The Labute approximate surface area is 105 Å². The largest absolute Gasteiger partial charge is 0.338 e. The van der Waals surface area contributed by atoms with Gasteiger partial charge in [0.2, 0.25) is 0 Å². The van der Waals surface area contributed by atoms with E-state index >= 15 is 0 Å². The molecule has 1 aromatic rings. The lowest BCUT2D eigenvalue weighted by atomic mass is 9.94. The molecule has 0 N–H and O–H groups in total. The van der Waals surface area contributed by atoms with Crippen molar-refractivity contribution in [3.63, 3.8) is 0 Å². The van der Waals surface area contributed by atoms with Crippen LogP contribution in [0.1, 0.15) is 41.8 Å². The van der Waals surface area contributed by atoms with Crippen molar-refractivity contribution >= 4 is 28.8 Å². The van der Waals surface area contributed by atoms with Crippen LogP contribution in [-0.2, 0) is 0 Å². The Hall–Kier alpha value is -0.540. The van der Waals surface area contributed by atoms with Gasteiger partial charge in [-0.15, -0.1) is 11.3 Å². The highest BCUT2D eigenvalue weighted by Crippen LogP contribution is 2.26. The first-order valence-corrected chi connectivity index (χ1v) is 6.90. The van der Waals surface area contributed by atoms with Crippen LogP contribution in [0.4, 0.5) is 0 Å². The van der Waals surface area contributed by atoms with Crippen LogP contribution in [0, 0.1) is 0 Å². The molecular weight excluding hydrogens is 242 g/mol. The summed E-state index contributed by atoms with van der Waals surface area (Å²) in [5, 5.41) is 0. The fraction of sp³-hybridized carbons (Fsp3) is 0.583. The molecule has 16 heavy (non-hydrogen) atoms. The van der Waals surface area contributed by atoms with Gasteiger partial charge in [0, 0.05) is 13.1 Å². The van der Waals surface area contributed by atoms with Crippen LogP contribution in [0.3, 0.4) is 0 Å². The molecule has 4 heteroatoms. The van der Waals surface area contributed by atoms with Crippen molar-refractivity contribution in [3.8, 4) is 0 Å². The lowest BCUT2D eigenvalue weighted by Crippen LogP contribution is -2.37. The summed E-state index contributed by atoms with van der Waals surface area (Å²) >= 11 is 7.21. The molecule has 2 nitrogen and oxygen atoms in total. The molecule has 1 amide bonds. The Morgan fingerprint density at radius 3 is 2.62 bits per heavy atom. The summed E-state index contributed by atoms with van der Waals surface area (Å²) in [7, 11) is 1.91. The molecule has 88 valence electrons. The summed E-state index contributed by atoms with van der Waals surface area (Å²) in [6.07, 6.45) is 6.08. The molecule has 0 aliphatic heterocycles. The van der Waals surface area contributed by atoms with E-state index in [9.17, 15) is 4.79 Å². The SMILES string of the molecule is CN(C(=O)c1ccc(Cl)s1)C1CCCCC1. The van der Waals surface area contributed by atoms with Crippen molar-refractivity contribution in [2.75, 3.05) is 7.05 Å². The van der Waals surface area contributed by atoms with Crippen LogP contribution in [0.15, 0.2) is 12.1 Å². The molecule has 0 bridgehead atoms. The van der Waals surface area contributed by atoms with Gasteiger partial charge in [-0.05, 0) is 25.0 Å². The molecule has 1 aromatic heterocycles. The number of thiophene rings is 1. The zero-order chi connectivity index (χ0) is 11.5. The highest BCUT2D eigenvalue weighted by molar-refractivity contribution is 7.17.